The van der Waals surface area contributed by atoms with E-state index in [4.69, 9.17) is 0 Å². The van der Waals surface area contributed by atoms with Crippen LogP contribution >= 0.6 is 11.8 Å². The topological polar surface area (TPSA) is 49.4 Å². The molecule has 156 valence electrons. The average Bonchev–Trinajstić information content (AvgIpc) is 2.76. The van der Waals surface area contributed by atoms with Gasteiger partial charge in [-0.2, -0.15) is 11.8 Å². The van der Waals surface area contributed by atoms with Gasteiger partial charge in [-0.05, 0) is 24.0 Å². The molecule has 0 unspecified atom stereocenters. The first-order chi connectivity index (χ1) is 14.2. The number of benzene rings is 2. The second kappa shape index (κ2) is 13.0. The number of amides is 2. The van der Waals surface area contributed by atoms with Gasteiger partial charge >= 0.3 is 0 Å². The van der Waals surface area contributed by atoms with Crippen molar-refractivity contribution in [3.8, 4) is 0 Å². The lowest BCUT2D eigenvalue weighted by atomic mass is 10.1. The molecule has 0 aliphatic carbocycles. The lowest BCUT2D eigenvalue weighted by Crippen LogP contribution is -2.49. The Morgan fingerprint density at radius 1 is 0.966 bits per heavy atom. The third kappa shape index (κ3) is 7.94. The Labute approximate surface area is 179 Å². The zero-order valence-electron chi connectivity index (χ0n) is 17.5. The Hall–Kier alpha value is -2.27. The van der Waals surface area contributed by atoms with Gasteiger partial charge in [0.15, 0.2) is 0 Å². The molecule has 0 aliphatic rings. The summed E-state index contributed by atoms with van der Waals surface area (Å²) < 4.78 is 0. The molecule has 0 aromatic heterocycles. The predicted molar refractivity (Wildman–Crippen MR) is 122 cm³/mol. The Kier molecular flexibility index (Phi) is 10.4. The number of hydrogen-bond donors (Lipinski definition) is 1. The summed E-state index contributed by atoms with van der Waals surface area (Å²) in [5.74, 6) is 1.61. The van der Waals surface area contributed by atoms with E-state index in [2.05, 4.69) is 17.4 Å². The number of nitrogens with one attached hydrogen (secondary N) is 1. The number of carbonyl (C=O) groups is 2. The second-order valence-corrected chi connectivity index (χ2v) is 8.12. The van der Waals surface area contributed by atoms with Crippen LogP contribution < -0.4 is 5.32 Å². The molecule has 29 heavy (non-hydrogen) atoms. The van der Waals surface area contributed by atoms with Gasteiger partial charge in [-0.3, -0.25) is 9.59 Å². The third-order valence-electron chi connectivity index (χ3n) is 4.70. The van der Waals surface area contributed by atoms with Crippen LogP contribution in [0.4, 0.5) is 0 Å². The molecule has 0 radical (unpaired) electrons. The average molecular weight is 413 g/mol. The highest BCUT2D eigenvalue weighted by atomic mass is 32.2. The maximum atomic E-state index is 13.1. The molecule has 2 aromatic carbocycles. The Morgan fingerprint density at radius 3 is 2.17 bits per heavy atom. The van der Waals surface area contributed by atoms with E-state index in [0.29, 0.717) is 25.9 Å². The van der Waals surface area contributed by atoms with Gasteiger partial charge in [0, 0.05) is 31.0 Å². The molecule has 2 aromatic rings. The molecule has 5 heteroatoms. The van der Waals surface area contributed by atoms with Gasteiger partial charge in [-0.1, -0.05) is 74.5 Å². The van der Waals surface area contributed by atoms with Gasteiger partial charge in [-0.25, -0.2) is 0 Å². The number of nitrogens with zero attached hydrogens (tertiary/aromatic N) is 1. The Morgan fingerprint density at radius 2 is 1.59 bits per heavy atom. The van der Waals surface area contributed by atoms with Crippen LogP contribution in [0.2, 0.25) is 0 Å². The predicted octanol–water partition coefficient (Wildman–Crippen LogP) is 4.64. The smallest absolute Gasteiger partial charge is 0.242 e. The van der Waals surface area contributed by atoms with Crippen molar-refractivity contribution in [2.45, 2.75) is 51.4 Å². The van der Waals surface area contributed by atoms with Gasteiger partial charge < -0.3 is 10.2 Å². The minimum absolute atomic E-state index is 0.0351. The Bertz CT molecular complexity index is 737. The summed E-state index contributed by atoms with van der Waals surface area (Å²) in [6.45, 7) is 5.08. The van der Waals surface area contributed by atoms with Crippen LogP contribution in [0.3, 0.4) is 0 Å². The van der Waals surface area contributed by atoms with Crippen LogP contribution in [-0.2, 0) is 21.9 Å². The molecule has 0 fully saturated rings. The van der Waals surface area contributed by atoms with Crippen LogP contribution in [0.1, 0.15) is 44.2 Å². The third-order valence-corrected chi connectivity index (χ3v) is 5.73. The van der Waals surface area contributed by atoms with Crippen molar-refractivity contribution < 1.29 is 9.59 Å². The molecule has 2 amide bonds. The van der Waals surface area contributed by atoms with E-state index < -0.39 is 6.04 Å². The van der Waals surface area contributed by atoms with Gasteiger partial charge in [0.25, 0.3) is 0 Å². The highest BCUT2D eigenvalue weighted by Crippen LogP contribution is 2.17. The minimum Gasteiger partial charge on any atom is -0.354 e. The van der Waals surface area contributed by atoms with E-state index >= 15 is 0 Å². The fraction of sp³-hybridized carbons (Fsp3) is 0.417. The van der Waals surface area contributed by atoms with Crippen molar-refractivity contribution in [1.82, 2.24) is 10.2 Å². The van der Waals surface area contributed by atoms with Crippen molar-refractivity contribution in [3.05, 3.63) is 71.8 Å². The highest BCUT2D eigenvalue weighted by Gasteiger charge is 2.28. The molecule has 0 bridgehead atoms. The van der Waals surface area contributed by atoms with E-state index in [1.54, 1.807) is 16.7 Å². The number of carbonyl (C=O) groups excluding carboxylic acids is 2. The number of rotatable bonds is 12. The molecule has 0 saturated heterocycles. The zero-order chi connectivity index (χ0) is 20.9. The summed E-state index contributed by atoms with van der Waals surface area (Å²) in [4.78, 5) is 27.5. The van der Waals surface area contributed by atoms with Gasteiger partial charge in [0.05, 0.1) is 0 Å². The molecule has 0 aliphatic heterocycles. The maximum absolute atomic E-state index is 13.1. The summed E-state index contributed by atoms with van der Waals surface area (Å²) in [5, 5.41) is 2.96. The zero-order valence-corrected chi connectivity index (χ0v) is 18.3. The summed E-state index contributed by atoms with van der Waals surface area (Å²) in [7, 11) is 0. The second-order valence-electron chi connectivity index (χ2n) is 7.01. The SMILES string of the molecule is CCCNC(=O)[C@H](CC)N(Cc1ccccc1)C(=O)CCSCc1ccccc1. The normalized spacial score (nSPS) is 11.7. The van der Waals surface area contributed by atoms with Crippen LogP contribution in [0.25, 0.3) is 0 Å². The molecule has 1 atom stereocenters. The van der Waals surface area contributed by atoms with Crippen molar-refractivity contribution in [2.24, 2.45) is 0 Å². The fourth-order valence-corrected chi connectivity index (χ4v) is 4.02. The lowest BCUT2D eigenvalue weighted by molar-refractivity contribution is -0.141. The maximum Gasteiger partial charge on any atom is 0.242 e. The van der Waals surface area contributed by atoms with Crippen molar-refractivity contribution in [3.63, 3.8) is 0 Å². The molecule has 4 nitrogen and oxygen atoms in total. The lowest BCUT2D eigenvalue weighted by Gasteiger charge is -2.30. The largest absolute Gasteiger partial charge is 0.354 e. The van der Waals surface area contributed by atoms with Crippen LogP contribution in [0.5, 0.6) is 0 Å². The monoisotopic (exact) mass is 412 g/mol. The van der Waals surface area contributed by atoms with Crippen molar-refractivity contribution >= 4 is 23.6 Å². The first kappa shape index (κ1) is 23.0. The molecule has 1 N–H and O–H groups in total. The van der Waals surface area contributed by atoms with E-state index in [-0.39, 0.29) is 11.8 Å². The van der Waals surface area contributed by atoms with Crippen LogP contribution in [0, 0.1) is 0 Å². The molecular formula is C24H32N2O2S. The van der Waals surface area contributed by atoms with Crippen molar-refractivity contribution in [1.29, 1.82) is 0 Å². The molecular weight excluding hydrogens is 380 g/mol. The highest BCUT2D eigenvalue weighted by molar-refractivity contribution is 7.98. The van der Waals surface area contributed by atoms with Gasteiger partial charge in [0.2, 0.25) is 11.8 Å². The van der Waals surface area contributed by atoms with Crippen LogP contribution in [-0.4, -0.2) is 35.1 Å². The van der Waals surface area contributed by atoms with Crippen LogP contribution in [0.15, 0.2) is 60.7 Å². The van der Waals surface area contributed by atoms with E-state index in [0.717, 1.165) is 23.5 Å². The van der Waals surface area contributed by atoms with E-state index in [9.17, 15) is 9.59 Å². The summed E-state index contributed by atoms with van der Waals surface area (Å²) >= 11 is 1.75. The standard InChI is InChI=1S/C24H32N2O2S/c1-3-16-25-24(28)22(4-2)26(18-20-11-7-5-8-12-20)23(27)15-17-29-19-21-13-9-6-10-14-21/h5-14,22H,3-4,15-19H2,1-2H3,(H,25,28)/t22-/m0/s1. The quantitative estimate of drug-likeness (QED) is 0.517. The Balaban J connectivity index is 2.00. The summed E-state index contributed by atoms with van der Waals surface area (Å²) in [5.41, 5.74) is 2.30. The molecule has 2 rings (SSSR count). The molecule has 0 spiro atoms. The minimum atomic E-state index is -0.437. The fourth-order valence-electron chi connectivity index (χ4n) is 3.13. The van der Waals surface area contributed by atoms with E-state index in [1.807, 2.05) is 62.4 Å². The van der Waals surface area contributed by atoms with Crippen molar-refractivity contribution in [2.75, 3.05) is 12.3 Å². The number of hydrogen-bond acceptors (Lipinski definition) is 3. The van der Waals surface area contributed by atoms with Gasteiger partial charge in [-0.15, -0.1) is 0 Å². The summed E-state index contributed by atoms with van der Waals surface area (Å²) in [6, 6.07) is 19.7. The number of thioether (sulfide) groups is 1. The molecule has 0 saturated carbocycles. The van der Waals surface area contributed by atoms with Gasteiger partial charge in [0.1, 0.15) is 6.04 Å². The first-order valence-electron chi connectivity index (χ1n) is 10.4. The first-order valence-corrected chi connectivity index (χ1v) is 11.5. The molecule has 0 heterocycles. The summed E-state index contributed by atoms with van der Waals surface area (Å²) in [6.07, 6.45) is 1.91. The van der Waals surface area contributed by atoms with E-state index in [1.165, 1.54) is 5.56 Å².